The summed E-state index contributed by atoms with van der Waals surface area (Å²) in [6, 6.07) is 7.21. The van der Waals surface area contributed by atoms with Gasteiger partial charge in [-0.15, -0.1) is 0 Å². The van der Waals surface area contributed by atoms with Crippen molar-refractivity contribution >= 4 is 29.1 Å². The van der Waals surface area contributed by atoms with E-state index >= 15 is 0 Å². The fourth-order valence-electron chi connectivity index (χ4n) is 2.99. The van der Waals surface area contributed by atoms with Gasteiger partial charge >= 0.3 is 0 Å². The lowest BCUT2D eigenvalue weighted by Gasteiger charge is -2.29. The highest BCUT2D eigenvalue weighted by Crippen LogP contribution is 2.22. The Morgan fingerprint density at radius 2 is 1.91 bits per heavy atom. The zero-order chi connectivity index (χ0) is 15.9. The number of carbonyl (C=O) groups excluding carboxylic acids is 2. The van der Waals surface area contributed by atoms with Gasteiger partial charge in [-0.25, -0.2) is 0 Å². The maximum Gasteiger partial charge on any atom is 0.244 e. The first-order valence-electron chi connectivity index (χ1n) is 7.89. The number of hydrogen-bond donors (Lipinski definition) is 1. The number of rotatable bonds is 4. The molecule has 0 heterocycles. The average Bonchev–Trinajstić information content (AvgIpc) is 2.73. The van der Waals surface area contributed by atoms with Crippen LogP contribution in [0.5, 0.6) is 0 Å². The Labute approximate surface area is 136 Å². The average molecular weight is 323 g/mol. The molecule has 0 spiro atoms. The molecule has 0 aromatic heterocycles. The summed E-state index contributed by atoms with van der Waals surface area (Å²) in [6.07, 6.45) is 6.68. The fraction of sp³-hybridized carbons (Fsp3) is 0.529. The van der Waals surface area contributed by atoms with Crippen molar-refractivity contribution in [1.29, 1.82) is 0 Å². The number of anilines is 1. The summed E-state index contributed by atoms with van der Waals surface area (Å²) in [5.74, 6) is -0.213. The molecule has 1 aliphatic rings. The van der Waals surface area contributed by atoms with Gasteiger partial charge in [-0.05, 0) is 31.0 Å². The lowest BCUT2D eigenvalue weighted by atomic mass is 10.1. The van der Waals surface area contributed by atoms with Crippen LogP contribution in [0.15, 0.2) is 24.3 Å². The molecule has 0 bridgehead atoms. The molecule has 1 fully saturated rings. The van der Waals surface area contributed by atoms with Crippen molar-refractivity contribution in [3.63, 3.8) is 0 Å². The highest BCUT2D eigenvalue weighted by molar-refractivity contribution is 6.30. The molecule has 1 saturated carbocycles. The molecule has 0 atom stereocenters. The van der Waals surface area contributed by atoms with Crippen LogP contribution in [-0.4, -0.2) is 29.3 Å². The van der Waals surface area contributed by atoms with E-state index in [0.717, 1.165) is 25.7 Å². The first kappa shape index (κ1) is 16.8. The molecule has 0 aliphatic heterocycles. The second-order valence-corrected chi connectivity index (χ2v) is 6.29. The molecule has 0 radical (unpaired) electrons. The van der Waals surface area contributed by atoms with Gasteiger partial charge in [0.25, 0.3) is 0 Å². The van der Waals surface area contributed by atoms with Crippen LogP contribution in [0.1, 0.15) is 45.4 Å². The van der Waals surface area contributed by atoms with Crippen molar-refractivity contribution in [1.82, 2.24) is 4.90 Å². The third kappa shape index (κ3) is 5.02. The minimum absolute atomic E-state index is 0.0341. The van der Waals surface area contributed by atoms with Crippen LogP contribution < -0.4 is 5.32 Å². The monoisotopic (exact) mass is 322 g/mol. The van der Waals surface area contributed by atoms with E-state index in [4.69, 9.17) is 11.6 Å². The molecule has 2 amide bonds. The van der Waals surface area contributed by atoms with Gasteiger partial charge in [0, 0.05) is 23.7 Å². The Morgan fingerprint density at radius 1 is 1.23 bits per heavy atom. The second kappa shape index (κ2) is 8.18. The number of nitrogens with one attached hydrogen (secondary N) is 1. The van der Waals surface area contributed by atoms with Gasteiger partial charge in [-0.2, -0.15) is 0 Å². The standard InChI is InChI=1S/C17H23ClN2O2/c1-13(21)20(16-9-4-2-3-5-10-16)12-17(22)19-15-8-6-7-14(18)11-15/h6-8,11,16H,2-5,9-10,12H2,1H3,(H,19,22). The van der Waals surface area contributed by atoms with E-state index in [-0.39, 0.29) is 24.4 Å². The van der Waals surface area contributed by atoms with E-state index in [1.165, 1.54) is 19.8 Å². The largest absolute Gasteiger partial charge is 0.331 e. The second-order valence-electron chi connectivity index (χ2n) is 5.85. The topological polar surface area (TPSA) is 49.4 Å². The summed E-state index contributed by atoms with van der Waals surface area (Å²) in [7, 11) is 0. The van der Waals surface area contributed by atoms with Gasteiger partial charge in [-0.3, -0.25) is 9.59 Å². The number of carbonyl (C=O) groups is 2. The van der Waals surface area contributed by atoms with Crippen molar-refractivity contribution in [2.45, 2.75) is 51.5 Å². The van der Waals surface area contributed by atoms with Gasteiger partial charge in [0.1, 0.15) is 6.54 Å². The summed E-state index contributed by atoms with van der Waals surface area (Å²) < 4.78 is 0. The summed E-state index contributed by atoms with van der Waals surface area (Å²) in [5.41, 5.74) is 0.655. The van der Waals surface area contributed by atoms with E-state index < -0.39 is 0 Å². The van der Waals surface area contributed by atoms with E-state index in [0.29, 0.717) is 10.7 Å². The quantitative estimate of drug-likeness (QED) is 0.856. The lowest BCUT2D eigenvalue weighted by Crippen LogP contribution is -2.43. The van der Waals surface area contributed by atoms with Crippen LogP contribution in [0.4, 0.5) is 5.69 Å². The molecule has 1 aromatic rings. The number of amides is 2. The molecule has 1 aromatic carbocycles. The Hall–Kier alpha value is -1.55. The predicted molar refractivity (Wildman–Crippen MR) is 89.0 cm³/mol. The minimum atomic E-state index is -0.179. The molecular formula is C17H23ClN2O2. The van der Waals surface area contributed by atoms with E-state index in [2.05, 4.69) is 5.32 Å². The normalized spacial score (nSPS) is 15.9. The summed E-state index contributed by atoms with van der Waals surface area (Å²) in [4.78, 5) is 25.9. The first-order valence-corrected chi connectivity index (χ1v) is 8.26. The third-order valence-corrected chi connectivity index (χ3v) is 4.33. The van der Waals surface area contributed by atoms with Crippen LogP contribution in [-0.2, 0) is 9.59 Å². The highest BCUT2D eigenvalue weighted by atomic mass is 35.5. The number of halogens is 1. The number of hydrogen-bond acceptors (Lipinski definition) is 2. The van der Waals surface area contributed by atoms with E-state index in [1.807, 2.05) is 0 Å². The molecule has 4 nitrogen and oxygen atoms in total. The molecule has 0 saturated heterocycles. The number of nitrogens with zero attached hydrogens (tertiary/aromatic N) is 1. The Balaban J connectivity index is 1.97. The molecule has 1 aliphatic carbocycles. The van der Waals surface area contributed by atoms with E-state index in [9.17, 15) is 9.59 Å². The van der Waals surface area contributed by atoms with Gasteiger partial charge < -0.3 is 10.2 Å². The van der Waals surface area contributed by atoms with Crippen LogP contribution >= 0.6 is 11.6 Å². The maximum absolute atomic E-state index is 12.2. The Bertz CT molecular complexity index is 525. The lowest BCUT2D eigenvalue weighted by molar-refractivity contribution is -0.135. The van der Waals surface area contributed by atoms with Crippen molar-refractivity contribution in [3.05, 3.63) is 29.3 Å². The minimum Gasteiger partial charge on any atom is -0.331 e. The first-order chi connectivity index (χ1) is 10.6. The van der Waals surface area contributed by atoms with Crippen molar-refractivity contribution in [2.24, 2.45) is 0 Å². The van der Waals surface area contributed by atoms with Crippen LogP contribution in [0, 0.1) is 0 Å². The van der Waals surface area contributed by atoms with Crippen molar-refractivity contribution in [2.75, 3.05) is 11.9 Å². The SMILES string of the molecule is CC(=O)N(CC(=O)Nc1cccc(Cl)c1)C1CCCCCC1. The fourth-order valence-corrected chi connectivity index (χ4v) is 3.18. The summed E-state index contributed by atoms with van der Waals surface area (Å²) in [5, 5.41) is 3.38. The van der Waals surface area contributed by atoms with Crippen molar-refractivity contribution < 1.29 is 9.59 Å². The maximum atomic E-state index is 12.2. The zero-order valence-electron chi connectivity index (χ0n) is 13.0. The molecule has 0 unspecified atom stereocenters. The van der Waals surface area contributed by atoms with Gasteiger partial charge in [0.15, 0.2) is 0 Å². The summed E-state index contributed by atoms with van der Waals surface area (Å²) >= 11 is 5.91. The molecule has 1 N–H and O–H groups in total. The smallest absolute Gasteiger partial charge is 0.244 e. The van der Waals surface area contributed by atoms with Crippen LogP contribution in [0.2, 0.25) is 5.02 Å². The molecule has 2 rings (SSSR count). The van der Waals surface area contributed by atoms with Gasteiger partial charge in [0.05, 0.1) is 0 Å². The van der Waals surface area contributed by atoms with Gasteiger partial charge in [0.2, 0.25) is 11.8 Å². The third-order valence-electron chi connectivity index (χ3n) is 4.09. The Kier molecular flexibility index (Phi) is 6.25. The molecular weight excluding hydrogens is 300 g/mol. The van der Waals surface area contributed by atoms with Crippen LogP contribution in [0.3, 0.4) is 0 Å². The molecule has 22 heavy (non-hydrogen) atoms. The van der Waals surface area contributed by atoms with Crippen LogP contribution in [0.25, 0.3) is 0 Å². The number of benzene rings is 1. The zero-order valence-corrected chi connectivity index (χ0v) is 13.7. The predicted octanol–water partition coefficient (Wildman–Crippen LogP) is 3.85. The highest BCUT2D eigenvalue weighted by Gasteiger charge is 2.24. The Morgan fingerprint density at radius 3 is 2.50 bits per heavy atom. The summed E-state index contributed by atoms with van der Waals surface area (Å²) in [6.45, 7) is 1.64. The van der Waals surface area contributed by atoms with E-state index in [1.54, 1.807) is 29.2 Å². The van der Waals surface area contributed by atoms with Gasteiger partial charge in [-0.1, -0.05) is 43.4 Å². The van der Waals surface area contributed by atoms with Crippen molar-refractivity contribution in [3.8, 4) is 0 Å². The molecule has 120 valence electrons. The molecule has 5 heteroatoms.